The first kappa shape index (κ1) is 16.0. The number of nitrogens with one attached hydrogen (secondary N) is 1. The monoisotopic (exact) mass is 328 g/mol. The largest absolute Gasteiger partial charge is 0.328 e. The van der Waals surface area contributed by atoms with Crippen molar-refractivity contribution in [1.29, 1.82) is 0 Å². The normalized spacial score (nSPS) is 16.2. The van der Waals surface area contributed by atoms with Gasteiger partial charge in [0, 0.05) is 10.6 Å². The predicted octanol–water partition coefficient (Wildman–Crippen LogP) is 2.38. The lowest BCUT2D eigenvalue weighted by atomic mass is 10.1. The van der Waals surface area contributed by atoms with Crippen molar-refractivity contribution in [3.63, 3.8) is 0 Å². The molecule has 0 atom stereocenters. The molecule has 2 aromatic rings. The van der Waals surface area contributed by atoms with Gasteiger partial charge < -0.3 is 4.90 Å². The average Bonchev–Trinajstić information content (AvgIpc) is 2.58. The van der Waals surface area contributed by atoms with Crippen LogP contribution in [0, 0.1) is 6.92 Å². The molecular weight excluding hydrogens is 306 g/mol. The third-order valence-corrected chi connectivity index (χ3v) is 4.51. The van der Waals surface area contributed by atoms with Crippen molar-refractivity contribution in [1.82, 2.24) is 5.01 Å². The predicted molar refractivity (Wildman–Crippen MR) is 96.2 cm³/mol. The highest BCUT2D eigenvalue weighted by atomic mass is 35.5. The van der Waals surface area contributed by atoms with Crippen LogP contribution in [0.4, 0.5) is 0 Å². The molecule has 0 aliphatic carbocycles. The van der Waals surface area contributed by atoms with Gasteiger partial charge in [-0.05, 0) is 24.6 Å². The summed E-state index contributed by atoms with van der Waals surface area (Å²) in [5.74, 6) is 0. The summed E-state index contributed by atoms with van der Waals surface area (Å²) < 4.78 is 0. The van der Waals surface area contributed by atoms with Gasteiger partial charge in [0.25, 0.3) is 0 Å². The maximum absolute atomic E-state index is 5.89. The Balaban J connectivity index is 1.48. The summed E-state index contributed by atoms with van der Waals surface area (Å²) in [6, 6.07) is 16.7. The molecule has 1 aliphatic heterocycles. The van der Waals surface area contributed by atoms with Gasteiger partial charge in [0.1, 0.15) is 6.54 Å². The number of hydrogen-bond acceptors (Lipinski definition) is 2. The van der Waals surface area contributed by atoms with Gasteiger partial charge in [-0.1, -0.05) is 53.6 Å². The summed E-state index contributed by atoms with van der Waals surface area (Å²) in [5, 5.41) is 7.51. The highest BCUT2D eigenvalue weighted by molar-refractivity contribution is 6.30. The van der Waals surface area contributed by atoms with Crippen molar-refractivity contribution in [2.75, 3.05) is 26.2 Å². The third kappa shape index (κ3) is 4.81. The summed E-state index contributed by atoms with van der Waals surface area (Å²) in [4.78, 5) is 1.63. The standard InChI is InChI=1S/C19H22ClN3/c1-16-2-4-18(5-3-16)15-22-10-12-23(13-11-22)21-14-17-6-8-19(20)9-7-17/h2-9,14H,10-13,15H2,1H3/p+1. The molecule has 3 nitrogen and oxygen atoms in total. The van der Waals surface area contributed by atoms with Gasteiger partial charge in [0.2, 0.25) is 0 Å². The summed E-state index contributed by atoms with van der Waals surface area (Å²) >= 11 is 5.89. The van der Waals surface area contributed by atoms with Crippen LogP contribution in [0.1, 0.15) is 16.7 Å². The van der Waals surface area contributed by atoms with Crippen LogP contribution in [0.5, 0.6) is 0 Å². The fourth-order valence-corrected chi connectivity index (χ4v) is 2.92. The van der Waals surface area contributed by atoms with E-state index in [4.69, 9.17) is 11.6 Å². The zero-order chi connectivity index (χ0) is 16.1. The van der Waals surface area contributed by atoms with Gasteiger partial charge in [-0.15, -0.1) is 0 Å². The Morgan fingerprint density at radius 3 is 2.35 bits per heavy atom. The second-order valence-electron chi connectivity index (χ2n) is 6.16. The van der Waals surface area contributed by atoms with Crippen LogP contribution in [0.3, 0.4) is 0 Å². The molecule has 0 unspecified atom stereocenters. The first-order valence-corrected chi connectivity index (χ1v) is 8.50. The molecule has 1 N–H and O–H groups in total. The molecule has 0 radical (unpaired) electrons. The number of benzene rings is 2. The van der Waals surface area contributed by atoms with E-state index in [0.29, 0.717) is 0 Å². The van der Waals surface area contributed by atoms with Crippen LogP contribution in [0.25, 0.3) is 0 Å². The van der Waals surface area contributed by atoms with Crippen LogP contribution in [0.15, 0.2) is 53.6 Å². The van der Waals surface area contributed by atoms with Crippen molar-refractivity contribution in [2.24, 2.45) is 5.10 Å². The molecule has 2 aromatic carbocycles. The second kappa shape index (κ2) is 7.62. The molecular formula is C19H23ClN3+. The van der Waals surface area contributed by atoms with Gasteiger partial charge in [-0.3, -0.25) is 5.01 Å². The maximum atomic E-state index is 5.89. The molecule has 3 rings (SSSR count). The first-order chi connectivity index (χ1) is 11.2. The molecule has 0 bridgehead atoms. The van der Waals surface area contributed by atoms with Crippen LogP contribution in [0.2, 0.25) is 5.02 Å². The molecule has 0 spiro atoms. The van der Waals surface area contributed by atoms with E-state index in [1.54, 1.807) is 4.90 Å². The number of hydrogen-bond donors (Lipinski definition) is 1. The number of rotatable bonds is 4. The van der Waals surface area contributed by atoms with Crippen molar-refractivity contribution < 1.29 is 4.90 Å². The van der Waals surface area contributed by atoms with Gasteiger partial charge in [0.15, 0.2) is 0 Å². The van der Waals surface area contributed by atoms with Crippen LogP contribution in [-0.4, -0.2) is 37.4 Å². The van der Waals surface area contributed by atoms with E-state index >= 15 is 0 Å². The minimum Gasteiger partial charge on any atom is -0.328 e. The van der Waals surface area contributed by atoms with Gasteiger partial charge in [0.05, 0.1) is 32.4 Å². The average molecular weight is 329 g/mol. The molecule has 1 saturated heterocycles. The Kier molecular flexibility index (Phi) is 5.31. The molecule has 23 heavy (non-hydrogen) atoms. The van der Waals surface area contributed by atoms with Crippen LogP contribution in [-0.2, 0) is 6.54 Å². The van der Waals surface area contributed by atoms with E-state index in [9.17, 15) is 0 Å². The first-order valence-electron chi connectivity index (χ1n) is 8.13. The zero-order valence-electron chi connectivity index (χ0n) is 13.5. The van der Waals surface area contributed by atoms with E-state index in [1.165, 1.54) is 11.1 Å². The van der Waals surface area contributed by atoms with E-state index in [-0.39, 0.29) is 0 Å². The van der Waals surface area contributed by atoms with E-state index < -0.39 is 0 Å². The summed E-state index contributed by atoms with van der Waals surface area (Å²) in [6.07, 6.45) is 1.92. The molecule has 0 amide bonds. The number of quaternary nitrogens is 1. The Morgan fingerprint density at radius 1 is 1.04 bits per heavy atom. The summed E-state index contributed by atoms with van der Waals surface area (Å²) in [5.41, 5.74) is 3.83. The number of halogens is 1. The molecule has 0 saturated carbocycles. The lowest BCUT2D eigenvalue weighted by Crippen LogP contribution is -3.13. The second-order valence-corrected chi connectivity index (χ2v) is 6.60. The van der Waals surface area contributed by atoms with Gasteiger partial charge in [-0.25, -0.2) is 0 Å². The lowest BCUT2D eigenvalue weighted by Gasteiger charge is -2.30. The van der Waals surface area contributed by atoms with Crippen molar-refractivity contribution in [3.8, 4) is 0 Å². The summed E-state index contributed by atoms with van der Waals surface area (Å²) in [6.45, 7) is 7.51. The fraction of sp³-hybridized carbons (Fsp3) is 0.316. The van der Waals surface area contributed by atoms with Crippen LogP contribution < -0.4 is 4.90 Å². The summed E-state index contributed by atoms with van der Waals surface area (Å²) in [7, 11) is 0. The van der Waals surface area contributed by atoms with Gasteiger partial charge >= 0.3 is 0 Å². The number of hydrazone groups is 1. The smallest absolute Gasteiger partial charge is 0.103 e. The Morgan fingerprint density at radius 2 is 1.70 bits per heavy atom. The topological polar surface area (TPSA) is 20.0 Å². The maximum Gasteiger partial charge on any atom is 0.103 e. The molecule has 0 aromatic heterocycles. The van der Waals surface area contributed by atoms with E-state index in [2.05, 4.69) is 41.3 Å². The van der Waals surface area contributed by atoms with E-state index in [0.717, 1.165) is 43.3 Å². The number of aryl methyl sites for hydroxylation is 1. The van der Waals surface area contributed by atoms with Crippen molar-refractivity contribution in [2.45, 2.75) is 13.5 Å². The van der Waals surface area contributed by atoms with Crippen molar-refractivity contribution in [3.05, 3.63) is 70.2 Å². The van der Waals surface area contributed by atoms with Gasteiger partial charge in [-0.2, -0.15) is 5.10 Å². The fourth-order valence-electron chi connectivity index (χ4n) is 2.80. The lowest BCUT2D eigenvalue weighted by molar-refractivity contribution is -0.918. The highest BCUT2D eigenvalue weighted by Crippen LogP contribution is 2.08. The Labute approximate surface area is 143 Å². The Hall–Kier alpha value is -1.84. The minimum absolute atomic E-state index is 0.760. The zero-order valence-corrected chi connectivity index (χ0v) is 14.3. The molecule has 120 valence electrons. The Bertz CT molecular complexity index is 641. The number of nitrogens with zero attached hydrogens (tertiary/aromatic N) is 2. The third-order valence-electron chi connectivity index (χ3n) is 4.26. The number of piperazine rings is 1. The molecule has 1 heterocycles. The highest BCUT2D eigenvalue weighted by Gasteiger charge is 2.18. The molecule has 4 heteroatoms. The van der Waals surface area contributed by atoms with E-state index in [1.807, 2.05) is 30.5 Å². The van der Waals surface area contributed by atoms with Crippen LogP contribution >= 0.6 is 11.6 Å². The quantitative estimate of drug-likeness (QED) is 0.854. The minimum atomic E-state index is 0.760. The van der Waals surface area contributed by atoms with Crippen molar-refractivity contribution >= 4 is 17.8 Å². The molecule has 1 fully saturated rings. The molecule has 1 aliphatic rings. The SMILES string of the molecule is Cc1ccc(C[NH+]2CCN(N=Cc3ccc(Cl)cc3)CC2)cc1.